The van der Waals surface area contributed by atoms with Gasteiger partial charge in [-0.15, -0.1) is 0 Å². The van der Waals surface area contributed by atoms with Gasteiger partial charge in [0.15, 0.2) is 0 Å². The maximum Gasteiger partial charge on any atom is 0.266 e. The molecule has 0 radical (unpaired) electrons. The number of furan rings is 1. The van der Waals surface area contributed by atoms with Crippen LogP contribution in [0.4, 0.5) is 0 Å². The maximum absolute atomic E-state index is 14.3. The number of amides is 1. The molecule has 0 bridgehead atoms. The fourth-order valence-corrected chi connectivity index (χ4v) is 5.40. The van der Waals surface area contributed by atoms with Gasteiger partial charge in [-0.25, -0.2) is 4.98 Å². The van der Waals surface area contributed by atoms with Crippen molar-refractivity contribution >= 4 is 43.5 Å². The van der Waals surface area contributed by atoms with Crippen LogP contribution in [-0.4, -0.2) is 20.4 Å². The van der Waals surface area contributed by atoms with E-state index < -0.39 is 6.04 Å². The predicted octanol–water partition coefficient (Wildman–Crippen LogP) is 7.69. The smallest absolute Gasteiger partial charge is 0.266 e. The minimum Gasteiger partial charge on any atom is -0.467 e. The molecule has 0 saturated carbocycles. The monoisotopic (exact) mass is 591 g/mol. The first-order chi connectivity index (χ1) is 19.5. The van der Waals surface area contributed by atoms with Crippen molar-refractivity contribution < 1.29 is 9.21 Å². The van der Waals surface area contributed by atoms with Crippen LogP contribution < -0.4 is 5.56 Å². The molecule has 1 atom stereocenters. The van der Waals surface area contributed by atoms with E-state index in [0.29, 0.717) is 40.2 Å². The lowest BCUT2D eigenvalue weighted by Crippen LogP contribution is -2.38. The van der Waals surface area contributed by atoms with E-state index in [2.05, 4.69) is 15.9 Å². The van der Waals surface area contributed by atoms with Gasteiger partial charge in [-0.2, -0.15) is 0 Å². The fraction of sp³-hybridized carbons (Fsp3) is 0.121. The van der Waals surface area contributed by atoms with Gasteiger partial charge in [0.2, 0.25) is 0 Å². The second-order valence-electron chi connectivity index (χ2n) is 9.60. The highest BCUT2D eigenvalue weighted by Gasteiger charge is 2.30. The third kappa shape index (κ3) is 4.84. The Morgan fingerprint density at radius 2 is 1.68 bits per heavy atom. The molecule has 0 aliphatic rings. The molecule has 0 saturated heterocycles. The molecule has 2 heterocycles. The molecule has 0 aliphatic heterocycles. The molecule has 1 amide bonds. The van der Waals surface area contributed by atoms with Crippen molar-refractivity contribution in [1.29, 1.82) is 0 Å². The van der Waals surface area contributed by atoms with Crippen LogP contribution in [0.15, 0.2) is 123 Å². The summed E-state index contributed by atoms with van der Waals surface area (Å²) in [5, 5.41) is 2.56. The number of carbonyl (C=O) groups excluding carboxylic acids is 1. The number of para-hydroxylation sites is 1. The van der Waals surface area contributed by atoms with E-state index in [0.717, 1.165) is 15.2 Å². The normalized spacial score (nSPS) is 12.1. The van der Waals surface area contributed by atoms with Crippen LogP contribution in [0, 0.1) is 0 Å². The molecule has 198 valence electrons. The number of hydrogen-bond donors (Lipinski definition) is 0. The van der Waals surface area contributed by atoms with Crippen LogP contribution in [0.2, 0.25) is 0 Å². The number of fused-ring (bicyclic) bond motifs is 2. The van der Waals surface area contributed by atoms with Crippen molar-refractivity contribution in [3.8, 4) is 5.69 Å². The van der Waals surface area contributed by atoms with E-state index in [9.17, 15) is 9.59 Å². The third-order valence-corrected chi connectivity index (χ3v) is 7.64. The molecule has 4 aromatic carbocycles. The Labute approximate surface area is 239 Å². The van der Waals surface area contributed by atoms with E-state index >= 15 is 0 Å². The molecule has 0 aliphatic carbocycles. The van der Waals surface area contributed by atoms with Gasteiger partial charge in [-0.05, 0) is 77.9 Å². The summed E-state index contributed by atoms with van der Waals surface area (Å²) < 4.78 is 8.22. The van der Waals surface area contributed by atoms with Gasteiger partial charge in [0.05, 0.1) is 35.4 Å². The third-order valence-electron chi connectivity index (χ3n) is 7.11. The molecule has 1 unspecified atom stereocenters. The van der Waals surface area contributed by atoms with Gasteiger partial charge in [0, 0.05) is 10.0 Å². The number of aromatic nitrogens is 2. The first-order valence-electron chi connectivity index (χ1n) is 13.1. The van der Waals surface area contributed by atoms with Crippen molar-refractivity contribution in [3.63, 3.8) is 0 Å². The topological polar surface area (TPSA) is 68.3 Å². The number of benzene rings is 4. The lowest BCUT2D eigenvalue weighted by molar-refractivity contribution is 0.0624. The average Bonchev–Trinajstić information content (AvgIpc) is 3.51. The molecule has 0 N–H and O–H groups in total. The quantitative estimate of drug-likeness (QED) is 0.191. The number of rotatable bonds is 7. The first-order valence-corrected chi connectivity index (χ1v) is 13.9. The van der Waals surface area contributed by atoms with Crippen molar-refractivity contribution in [2.24, 2.45) is 0 Å². The highest BCUT2D eigenvalue weighted by Crippen LogP contribution is 2.30. The molecule has 2 aromatic heterocycles. The van der Waals surface area contributed by atoms with E-state index in [1.165, 1.54) is 0 Å². The van der Waals surface area contributed by atoms with Gasteiger partial charge in [-0.3, -0.25) is 14.2 Å². The number of nitrogens with zero attached hydrogens (tertiary/aromatic N) is 3. The Morgan fingerprint density at radius 1 is 0.925 bits per heavy atom. The summed E-state index contributed by atoms with van der Waals surface area (Å²) in [6, 6.07) is 31.7. The van der Waals surface area contributed by atoms with E-state index in [1.54, 1.807) is 27.9 Å². The molecule has 6 aromatic rings. The SMILES string of the molecule is CCC(c1nc2ccccc2c(=O)n1-c1ccc(Br)cc1)N(Cc1ccco1)C(=O)c1ccc2ccccc2c1. The second-order valence-corrected chi connectivity index (χ2v) is 10.5. The van der Waals surface area contributed by atoms with Crippen LogP contribution >= 0.6 is 15.9 Å². The van der Waals surface area contributed by atoms with Gasteiger partial charge >= 0.3 is 0 Å². The molecular weight excluding hydrogens is 566 g/mol. The molecular formula is C33H26BrN3O3. The second kappa shape index (κ2) is 10.9. The van der Waals surface area contributed by atoms with Crippen molar-refractivity contribution in [3.05, 3.63) is 141 Å². The Morgan fingerprint density at radius 3 is 2.42 bits per heavy atom. The lowest BCUT2D eigenvalue weighted by Gasteiger charge is -2.32. The van der Waals surface area contributed by atoms with Gasteiger partial charge in [-0.1, -0.05) is 65.3 Å². The van der Waals surface area contributed by atoms with Gasteiger partial charge in [0.25, 0.3) is 11.5 Å². The number of carbonyl (C=O) groups is 1. The lowest BCUT2D eigenvalue weighted by atomic mass is 10.0. The van der Waals surface area contributed by atoms with Crippen LogP contribution in [0.3, 0.4) is 0 Å². The minimum absolute atomic E-state index is 0.168. The fourth-order valence-electron chi connectivity index (χ4n) is 5.14. The van der Waals surface area contributed by atoms with E-state index in [1.807, 2.05) is 97.9 Å². The number of halogens is 1. The largest absolute Gasteiger partial charge is 0.467 e. The summed E-state index contributed by atoms with van der Waals surface area (Å²) in [6.07, 6.45) is 2.13. The van der Waals surface area contributed by atoms with Crippen molar-refractivity contribution in [1.82, 2.24) is 14.5 Å². The summed E-state index contributed by atoms with van der Waals surface area (Å²) in [5.41, 5.74) is 1.64. The summed E-state index contributed by atoms with van der Waals surface area (Å²) in [5.74, 6) is 0.971. The molecule has 40 heavy (non-hydrogen) atoms. The van der Waals surface area contributed by atoms with Crippen LogP contribution in [0.25, 0.3) is 27.4 Å². The summed E-state index contributed by atoms with van der Waals surface area (Å²) >= 11 is 3.49. The molecule has 6 rings (SSSR count). The Bertz CT molecular complexity index is 1880. The van der Waals surface area contributed by atoms with E-state index in [-0.39, 0.29) is 18.0 Å². The summed E-state index contributed by atoms with van der Waals surface area (Å²) in [6.45, 7) is 2.22. The van der Waals surface area contributed by atoms with Gasteiger partial charge < -0.3 is 9.32 Å². The van der Waals surface area contributed by atoms with Crippen LogP contribution in [0.5, 0.6) is 0 Å². The minimum atomic E-state index is -0.523. The highest BCUT2D eigenvalue weighted by atomic mass is 79.9. The number of hydrogen-bond acceptors (Lipinski definition) is 4. The molecule has 0 spiro atoms. The maximum atomic E-state index is 14.3. The van der Waals surface area contributed by atoms with Crippen molar-refractivity contribution in [2.45, 2.75) is 25.9 Å². The highest BCUT2D eigenvalue weighted by molar-refractivity contribution is 9.10. The summed E-state index contributed by atoms with van der Waals surface area (Å²) in [4.78, 5) is 35.0. The standard InChI is InChI=1S/C33H26BrN3O3/c1-2-30(31-35-29-12-6-5-11-28(29)33(39)37(31)26-17-15-25(34)16-18-26)36(21-27-10-7-19-40-27)32(38)24-14-13-22-8-3-4-9-23(22)20-24/h3-20,30H,2,21H2,1H3. The average molecular weight is 592 g/mol. The first kappa shape index (κ1) is 25.8. The zero-order valence-corrected chi connectivity index (χ0v) is 23.4. The predicted molar refractivity (Wildman–Crippen MR) is 161 cm³/mol. The van der Waals surface area contributed by atoms with Crippen LogP contribution in [-0.2, 0) is 6.54 Å². The summed E-state index contributed by atoms with van der Waals surface area (Å²) in [7, 11) is 0. The zero-order chi connectivity index (χ0) is 27.6. The Hall–Kier alpha value is -4.49. The molecule has 7 heteroatoms. The Balaban J connectivity index is 1.55. The Kier molecular flexibility index (Phi) is 7.05. The molecule has 0 fully saturated rings. The van der Waals surface area contributed by atoms with Crippen LogP contribution in [0.1, 0.15) is 41.3 Å². The molecule has 6 nitrogen and oxygen atoms in total. The van der Waals surface area contributed by atoms with Crippen molar-refractivity contribution in [2.75, 3.05) is 0 Å². The van der Waals surface area contributed by atoms with E-state index in [4.69, 9.17) is 9.40 Å². The van der Waals surface area contributed by atoms with Gasteiger partial charge in [0.1, 0.15) is 11.6 Å². The zero-order valence-electron chi connectivity index (χ0n) is 21.8.